The Balaban J connectivity index is 1.50. The summed E-state index contributed by atoms with van der Waals surface area (Å²) in [6.45, 7) is 10.9. The van der Waals surface area contributed by atoms with Gasteiger partial charge in [-0.05, 0) is 19.4 Å². The van der Waals surface area contributed by atoms with E-state index in [1.807, 2.05) is 19.2 Å². The van der Waals surface area contributed by atoms with Crippen molar-refractivity contribution in [3.8, 4) is 0 Å². The molecule has 0 aromatic carbocycles. The second-order valence-electron chi connectivity index (χ2n) is 7.48. The van der Waals surface area contributed by atoms with E-state index in [2.05, 4.69) is 32.1 Å². The van der Waals surface area contributed by atoms with Gasteiger partial charge in [0, 0.05) is 55.9 Å². The van der Waals surface area contributed by atoms with Crippen LogP contribution in [0.3, 0.4) is 0 Å². The molecule has 30 heavy (non-hydrogen) atoms. The third-order valence-corrected chi connectivity index (χ3v) is 5.96. The van der Waals surface area contributed by atoms with Gasteiger partial charge in [0.15, 0.2) is 5.13 Å². The first kappa shape index (κ1) is 20.7. The first-order valence-electron chi connectivity index (χ1n) is 10.1. The molecule has 2 aromatic rings. The van der Waals surface area contributed by atoms with Crippen molar-refractivity contribution in [2.24, 2.45) is 0 Å². The highest BCUT2D eigenvalue weighted by Gasteiger charge is 2.25. The van der Waals surface area contributed by atoms with E-state index in [1.165, 1.54) is 6.08 Å². The minimum Gasteiger partial charge on any atom is -0.379 e. The Hall–Kier alpha value is -2.56. The number of carbonyl (C=O) groups is 1. The van der Waals surface area contributed by atoms with Gasteiger partial charge in [-0.25, -0.2) is 9.97 Å². The number of amides is 1. The largest absolute Gasteiger partial charge is 0.379 e. The molecule has 160 valence electrons. The van der Waals surface area contributed by atoms with Crippen LogP contribution in [0.15, 0.2) is 24.9 Å². The maximum absolute atomic E-state index is 11.9. The zero-order valence-electron chi connectivity index (χ0n) is 17.1. The molecule has 2 fully saturated rings. The molecule has 1 amide bonds. The molecule has 4 rings (SSSR count). The van der Waals surface area contributed by atoms with E-state index in [-0.39, 0.29) is 11.9 Å². The number of thiazole rings is 1. The van der Waals surface area contributed by atoms with Crippen molar-refractivity contribution >= 4 is 34.1 Å². The molecule has 4 heterocycles. The van der Waals surface area contributed by atoms with Crippen molar-refractivity contribution in [3.05, 3.63) is 35.5 Å². The van der Waals surface area contributed by atoms with Gasteiger partial charge in [0.1, 0.15) is 5.82 Å². The Morgan fingerprint density at radius 1 is 1.37 bits per heavy atom. The van der Waals surface area contributed by atoms with Gasteiger partial charge in [-0.15, -0.1) is 11.3 Å². The van der Waals surface area contributed by atoms with E-state index in [1.54, 1.807) is 16.2 Å². The Kier molecular flexibility index (Phi) is 6.56. The lowest BCUT2D eigenvalue weighted by Crippen LogP contribution is -2.36. The van der Waals surface area contributed by atoms with Gasteiger partial charge in [-0.3, -0.25) is 9.69 Å². The van der Waals surface area contributed by atoms with Crippen molar-refractivity contribution in [2.45, 2.75) is 25.9 Å². The average molecular weight is 430 g/mol. The number of hydrogen-bond acceptors (Lipinski definition) is 9. The minimum absolute atomic E-state index is 0.0391. The molecule has 9 nitrogen and oxygen atoms in total. The zero-order chi connectivity index (χ0) is 20.9. The number of carbonyl (C=O) groups excluding carboxylic acids is 1. The molecule has 10 heteroatoms. The zero-order valence-corrected chi connectivity index (χ0v) is 18.0. The Bertz CT molecular complexity index is 897. The summed E-state index contributed by atoms with van der Waals surface area (Å²) in [5, 5.41) is 7.51. The number of likely N-dealkylation sites (tertiary alicyclic amines) is 1. The SMILES string of the molecule is C=CC(=O)N1CCC(Nc2nc(CN3CCOCC3)cc(Nc3ncc(C)s3)n2)C1. The Labute approximate surface area is 180 Å². The second-order valence-corrected chi connectivity index (χ2v) is 8.71. The number of hydrogen-bond donors (Lipinski definition) is 2. The highest BCUT2D eigenvalue weighted by atomic mass is 32.1. The van der Waals surface area contributed by atoms with Crippen molar-refractivity contribution in [2.75, 3.05) is 50.0 Å². The number of aryl methyl sites for hydroxylation is 1. The van der Waals surface area contributed by atoms with E-state index in [4.69, 9.17) is 9.72 Å². The summed E-state index contributed by atoms with van der Waals surface area (Å²) in [7, 11) is 0. The molecule has 0 spiro atoms. The molecular formula is C20H27N7O2S. The summed E-state index contributed by atoms with van der Waals surface area (Å²) in [4.78, 5) is 30.9. The van der Waals surface area contributed by atoms with E-state index < -0.39 is 0 Å². The summed E-state index contributed by atoms with van der Waals surface area (Å²) in [6, 6.07) is 2.09. The van der Waals surface area contributed by atoms with Crippen LogP contribution >= 0.6 is 11.3 Å². The maximum atomic E-state index is 11.9. The number of aromatic nitrogens is 3. The summed E-state index contributed by atoms with van der Waals surface area (Å²) in [5.74, 6) is 1.24. The molecule has 2 aromatic heterocycles. The van der Waals surface area contributed by atoms with Crippen LogP contribution in [0.1, 0.15) is 17.0 Å². The summed E-state index contributed by atoms with van der Waals surface area (Å²) < 4.78 is 5.45. The quantitative estimate of drug-likeness (QED) is 0.646. The van der Waals surface area contributed by atoms with Gasteiger partial charge in [-0.2, -0.15) is 4.98 Å². The lowest BCUT2D eigenvalue weighted by atomic mass is 10.2. The number of morpholine rings is 1. The van der Waals surface area contributed by atoms with Gasteiger partial charge >= 0.3 is 0 Å². The van der Waals surface area contributed by atoms with Crippen LogP contribution in [0.25, 0.3) is 0 Å². The van der Waals surface area contributed by atoms with E-state index in [9.17, 15) is 4.79 Å². The molecule has 1 atom stereocenters. The number of nitrogens with zero attached hydrogens (tertiary/aromatic N) is 5. The molecule has 2 saturated heterocycles. The van der Waals surface area contributed by atoms with Crippen LogP contribution in [-0.4, -0.2) is 76.1 Å². The first-order chi connectivity index (χ1) is 14.6. The molecule has 2 aliphatic heterocycles. The fourth-order valence-corrected chi connectivity index (χ4v) is 4.28. The molecule has 0 bridgehead atoms. The van der Waals surface area contributed by atoms with Crippen LogP contribution in [0.4, 0.5) is 16.9 Å². The fourth-order valence-electron chi connectivity index (χ4n) is 3.61. The average Bonchev–Trinajstić information content (AvgIpc) is 3.37. The van der Waals surface area contributed by atoms with Crippen LogP contribution in [0.2, 0.25) is 0 Å². The lowest BCUT2D eigenvalue weighted by Gasteiger charge is -2.26. The topological polar surface area (TPSA) is 95.5 Å². The van der Waals surface area contributed by atoms with Gasteiger partial charge in [0.25, 0.3) is 0 Å². The van der Waals surface area contributed by atoms with Gasteiger partial charge in [-0.1, -0.05) is 6.58 Å². The molecule has 2 aliphatic rings. The van der Waals surface area contributed by atoms with Crippen LogP contribution < -0.4 is 10.6 Å². The number of anilines is 3. The molecule has 2 N–H and O–H groups in total. The van der Waals surface area contributed by atoms with Gasteiger partial charge in [0.05, 0.1) is 18.9 Å². The summed E-state index contributed by atoms with van der Waals surface area (Å²) >= 11 is 1.59. The molecule has 1 unspecified atom stereocenters. The van der Waals surface area contributed by atoms with Gasteiger partial charge < -0.3 is 20.3 Å². The van der Waals surface area contributed by atoms with Crippen molar-refractivity contribution < 1.29 is 9.53 Å². The predicted octanol–water partition coefficient (Wildman–Crippen LogP) is 2.02. The molecule has 0 saturated carbocycles. The predicted molar refractivity (Wildman–Crippen MR) is 117 cm³/mol. The van der Waals surface area contributed by atoms with Crippen LogP contribution in [0, 0.1) is 6.92 Å². The Morgan fingerprint density at radius 2 is 2.20 bits per heavy atom. The second kappa shape index (κ2) is 9.50. The summed E-state index contributed by atoms with van der Waals surface area (Å²) in [6.07, 6.45) is 4.05. The van der Waals surface area contributed by atoms with E-state index in [0.29, 0.717) is 24.9 Å². The van der Waals surface area contributed by atoms with E-state index in [0.717, 1.165) is 55.0 Å². The smallest absolute Gasteiger partial charge is 0.246 e. The monoisotopic (exact) mass is 429 g/mol. The molecule has 0 aliphatic carbocycles. The van der Waals surface area contributed by atoms with Crippen molar-refractivity contribution in [1.82, 2.24) is 24.8 Å². The summed E-state index contributed by atoms with van der Waals surface area (Å²) in [5.41, 5.74) is 0.933. The Morgan fingerprint density at radius 3 is 2.93 bits per heavy atom. The van der Waals surface area contributed by atoms with Crippen molar-refractivity contribution in [1.29, 1.82) is 0 Å². The highest BCUT2D eigenvalue weighted by Crippen LogP contribution is 2.23. The fraction of sp³-hybridized carbons (Fsp3) is 0.500. The van der Waals surface area contributed by atoms with Crippen molar-refractivity contribution in [3.63, 3.8) is 0 Å². The first-order valence-corrected chi connectivity index (χ1v) is 11.0. The van der Waals surface area contributed by atoms with E-state index >= 15 is 0 Å². The van der Waals surface area contributed by atoms with Gasteiger partial charge in [0.2, 0.25) is 11.9 Å². The maximum Gasteiger partial charge on any atom is 0.246 e. The highest BCUT2D eigenvalue weighted by molar-refractivity contribution is 7.15. The minimum atomic E-state index is -0.0391. The molecular weight excluding hydrogens is 402 g/mol. The number of nitrogens with one attached hydrogen (secondary N) is 2. The standard InChI is InChI=1S/C20H27N7O2S/c1-3-18(28)27-5-4-15(13-27)22-19-23-16(12-26-6-8-29-9-7-26)10-17(24-19)25-20-21-11-14(2)30-20/h3,10-11,15H,1,4-9,12-13H2,2H3,(H2,21,22,23,24,25). The number of ether oxygens (including phenoxy) is 1. The van der Waals surface area contributed by atoms with Crippen LogP contribution in [-0.2, 0) is 16.1 Å². The third-order valence-electron chi connectivity index (χ3n) is 5.13. The normalized spacial score (nSPS) is 19.6. The number of rotatable bonds is 7. The molecule has 0 radical (unpaired) electrons. The lowest BCUT2D eigenvalue weighted by molar-refractivity contribution is -0.125. The van der Waals surface area contributed by atoms with Crippen LogP contribution in [0.5, 0.6) is 0 Å². The third kappa shape index (κ3) is 5.32.